The van der Waals surface area contributed by atoms with E-state index in [9.17, 15) is 5.11 Å². The van der Waals surface area contributed by atoms with Crippen molar-refractivity contribution in [1.82, 2.24) is 0 Å². The van der Waals surface area contributed by atoms with Crippen LogP contribution in [0.25, 0.3) is 0 Å². The molecule has 2 heteroatoms. The molecule has 12 heavy (non-hydrogen) atoms. The molecule has 1 rings (SSSR count). The Morgan fingerprint density at radius 3 is 2.42 bits per heavy atom. The quantitative estimate of drug-likeness (QED) is 0.700. The molecular weight excluding hydrogens is 150 g/mol. The molecule has 0 aromatic heterocycles. The molecule has 0 fully saturated rings. The first-order chi connectivity index (χ1) is 5.70. The Balaban J connectivity index is 2.53. The second kappa shape index (κ2) is 4.24. The molecule has 1 unspecified atom stereocenters. The fourth-order valence-electron chi connectivity index (χ4n) is 1.04. The largest absolute Gasteiger partial charge is 0.391 e. The molecule has 0 aliphatic carbocycles. The van der Waals surface area contributed by atoms with Crippen LogP contribution in [0, 0.1) is 0 Å². The lowest BCUT2D eigenvalue weighted by Crippen LogP contribution is -2.32. The van der Waals surface area contributed by atoms with E-state index in [1.54, 1.807) is 0 Å². The molecule has 3 N–H and O–H groups in total. The lowest BCUT2D eigenvalue weighted by atomic mass is 10.0. The molecule has 2 atom stereocenters. The van der Waals surface area contributed by atoms with E-state index >= 15 is 0 Å². The summed E-state index contributed by atoms with van der Waals surface area (Å²) in [5.74, 6) is 0. The van der Waals surface area contributed by atoms with E-state index < -0.39 is 6.10 Å². The van der Waals surface area contributed by atoms with Crippen LogP contribution in [-0.2, 0) is 6.42 Å². The number of hydrogen-bond donors (Lipinski definition) is 2. The van der Waals surface area contributed by atoms with Gasteiger partial charge in [0.2, 0.25) is 0 Å². The van der Waals surface area contributed by atoms with Gasteiger partial charge in [-0.3, -0.25) is 0 Å². The van der Waals surface area contributed by atoms with Gasteiger partial charge < -0.3 is 10.8 Å². The van der Waals surface area contributed by atoms with Crippen LogP contribution in [0.1, 0.15) is 12.5 Å². The zero-order valence-electron chi connectivity index (χ0n) is 7.27. The minimum Gasteiger partial charge on any atom is -0.391 e. The molecule has 2 nitrogen and oxygen atoms in total. The van der Waals surface area contributed by atoms with Crippen molar-refractivity contribution in [3.63, 3.8) is 0 Å². The molecule has 0 bridgehead atoms. The Kier molecular flexibility index (Phi) is 3.26. The van der Waals surface area contributed by atoms with E-state index in [1.807, 2.05) is 37.3 Å². The fraction of sp³-hybridized carbons (Fsp3) is 0.400. The number of aliphatic hydroxyl groups excluding tert-OH is 1. The van der Waals surface area contributed by atoms with Gasteiger partial charge in [0, 0.05) is 6.04 Å². The van der Waals surface area contributed by atoms with Crippen LogP contribution in [0.4, 0.5) is 0 Å². The van der Waals surface area contributed by atoms with E-state index in [0.717, 1.165) is 5.56 Å². The average molecular weight is 165 g/mol. The Labute approximate surface area is 73.0 Å². The number of benzene rings is 1. The summed E-state index contributed by atoms with van der Waals surface area (Å²) in [5.41, 5.74) is 6.66. The van der Waals surface area contributed by atoms with Gasteiger partial charge in [0.15, 0.2) is 0 Å². The van der Waals surface area contributed by atoms with Crippen molar-refractivity contribution >= 4 is 0 Å². The highest BCUT2D eigenvalue weighted by molar-refractivity contribution is 5.15. The molecule has 66 valence electrons. The van der Waals surface area contributed by atoms with Gasteiger partial charge in [-0.15, -0.1) is 0 Å². The standard InChI is InChI=1S/C10H15NO/c1-8(11)10(12)7-9-5-3-2-4-6-9/h2-6,8,10,12H,7,11H2,1H3/t8-,10?/m0/s1. The van der Waals surface area contributed by atoms with Gasteiger partial charge in [-0.2, -0.15) is 0 Å². The third kappa shape index (κ3) is 2.64. The SMILES string of the molecule is C[C@H](N)C(O)Cc1ccccc1. The highest BCUT2D eigenvalue weighted by Gasteiger charge is 2.09. The molecule has 0 aliphatic heterocycles. The number of aliphatic hydroxyl groups is 1. The van der Waals surface area contributed by atoms with Crippen molar-refractivity contribution in [3.8, 4) is 0 Å². The number of rotatable bonds is 3. The maximum Gasteiger partial charge on any atom is 0.0728 e. The van der Waals surface area contributed by atoms with E-state index in [-0.39, 0.29) is 6.04 Å². The highest BCUT2D eigenvalue weighted by atomic mass is 16.3. The third-order valence-corrected chi connectivity index (χ3v) is 1.89. The average Bonchev–Trinajstić information content (AvgIpc) is 2.06. The molecule has 0 heterocycles. The topological polar surface area (TPSA) is 46.2 Å². The Morgan fingerprint density at radius 1 is 1.33 bits per heavy atom. The van der Waals surface area contributed by atoms with Crippen molar-refractivity contribution in [1.29, 1.82) is 0 Å². The Morgan fingerprint density at radius 2 is 1.92 bits per heavy atom. The monoisotopic (exact) mass is 165 g/mol. The molecule has 0 aliphatic rings. The first-order valence-electron chi connectivity index (χ1n) is 4.17. The first kappa shape index (κ1) is 9.23. The van der Waals surface area contributed by atoms with Gasteiger partial charge in [0.05, 0.1) is 6.10 Å². The van der Waals surface area contributed by atoms with Crippen LogP contribution in [0.5, 0.6) is 0 Å². The predicted octanol–water partition coefficient (Wildman–Crippen LogP) is 0.937. The number of hydrogen-bond acceptors (Lipinski definition) is 2. The minimum atomic E-state index is -0.438. The van der Waals surface area contributed by atoms with E-state index in [2.05, 4.69) is 0 Å². The molecule has 1 aromatic carbocycles. The lowest BCUT2D eigenvalue weighted by molar-refractivity contribution is 0.151. The van der Waals surface area contributed by atoms with Crippen molar-refractivity contribution in [2.45, 2.75) is 25.5 Å². The zero-order chi connectivity index (χ0) is 8.97. The molecule has 0 saturated carbocycles. The summed E-state index contributed by atoms with van der Waals surface area (Å²) < 4.78 is 0. The van der Waals surface area contributed by atoms with Gasteiger partial charge in [0.25, 0.3) is 0 Å². The summed E-state index contributed by atoms with van der Waals surface area (Å²) >= 11 is 0. The Hall–Kier alpha value is -0.860. The van der Waals surface area contributed by atoms with Gasteiger partial charge >= 0.3 is 0 Å². The summed E-state index contributed by atoms with van der Waals surface area (Å²) in [4.78, 5) is 0. The lowest BCUT2D eigenvalue weighted by Gasteiger charge is -2.13. The molecule has 0 spiro atoms. The number of nitrogens with two attached hydrogens (primary N) is 1. The maximum atomic E-state index is 9.45. The summed E-state index contributed by atoms with van der Waals surface area (Å²) in [6.07, 6.45) is 0.200. The van der Waals surface area contributed by atoms with Crippen LogP contribution in [-0.4, -0.2) is 17.3 Å². The summed E-state index contributed by atoms with van der Waals surface area (Å²) in [6.45, 7) is 1.81. The van der Waals surface area contributed by atoms with Gasteiger partial charge in [0.1, 0.15) is 0 Å². The summed E-state index contributed by atoms with van der Waals surface area (Å²) in [6, 6.07) is 9.70. The minimum absolute atomic E-state index is 0.162. The maximum absolute atomic E-state index is 9.45. The van der Waals surface area contributed by atoms with Gasteiger partial charge in [-0.1, -0.05) is 30.3 Å². The van der Waals surface area contributed by atoms with Crippen molar-refractivity contribution in [2.24, 2.45) is 5.73 Å². The van der Waals surface area contributed by atoms with E-state index in [0.29, 0.717) is 6.42 Å². The van der Waals surface area contributed by atoms with Crippen molar-refractivity contribution in [3.05, 3.63) is 35.9 Å². The molecule has 0 amide bonds. The molecule has 0 saturated heterocycles. The second-order valence-corrected chi connectivity index (χ2v) is 3.12. The Bertz CT molecular complexity index is 221. The van der Waals surface area contributed by atoms with Crippen molar-refractivity contribution in [2.75, 3.05) is 0 Å². The molecular formula is C10H15NO. The summed E-state index contributed by atoms with van der Waals surface area (Å²) in [5, 5.41) is 9.45. The van der Waals surface area contributed by atoms with Gasteiger partial charge in [-0.05, 0) is 18.9 Å². The van der Waals surface area contributed by atoms with Crippen molar-refractivity contribution < 1.29 is 5.11 Å². The third-order valence-electron chi connectivity index (χ3n) is 1.89. The zero-order valence-corrected chi connectivity index (χ0v) is 7.27. The predicted molar refractivity (Wildman–Crippen MR) is 49.8 cm³/mol. The summed E-state index contributed by atoms with van der Waals surface area (Å²) in [7, 11) is 0. The molecule has 1 aromatic rings. The smallest absolute Gasteiger partial charge is 0.0728 e. The second-order valence-electron chi connectivity index (χ2n) is 3.12. The first-order valence-corrected chi connectivity index (χ1v) is 4.17. The van der Waals surface area contributed by atoms with Crippen LogP contribution < -0.4 is 5.73 Å². The van der Waals surface area contributed by atoms with Crippen LogP contribution in [0.15, 0.2) is 30.3 Å². The van der Waals surface area contributed by atoms with Gasteiger partial charge in [-0.25, -0.2) is 0 Å². The normalized spacial score (nSPS) is 15.6. The van der Waals surface area contributed by atoms with Crippen LogP contribution >= 0.6 is 0 Å². The van der Waals surface area contributed by atoms with Crippen LogP contribution in [0.3, 0.4) is 0 Å². The molecule has 0 radical (unpaired) electrons. The van der Waals surface area contributed by atoms with E-state index in [1.165, 1.54) is 0 Å². The van der Waals surface area contributed by atoms with E-state index in [4.69, 9.17) is 5.73 Å². The van der Waals surface area contributed by atoms with Crippen LogP contribution in [0.2, 0.25) is 0 Å². The fourth-order valence-corrected chi connectivity index (χ4v) is 1.04. The highest BCUT2D eigenvalue weighted by Crippen LogP contribution is 2.04.